The minimum absolute atomic E-state index is 0.0717. The number of aromatic nitrogens is 2. The molecule has 0 fully saturated rings. The molecule has 0 bridgehead atoms. The summed E-state index contributed by atoms with van der Waals surface area (Å²) in [5, 5.41) is 0. The summed E-state index contributed by atoms with van der Waals surface area (Å²) >= 11 is 0. The molecule has 3 heterocycles. The van der Waals surface area contributed by atoms with Gasteiger partial charge in [-0.05, 0) is 56.7 Å². The molecule has 0 aliphatic carbocycles. The SMILES string of the molecule is CC#Cc1ccnc(-c2cccc([C@@]3(c4cc(C)c(=O)n(CC)c4)N=C(N)c4c(F)cccc43)c2)c1. The van der Waals surface area contributed by atoms with Crippen molar-refractivity contribution in [2.45, 2.75) is 32.9 Å². The molecule has 5 rings (SSSR count). The van der Waals surface area contributed by atoms with Crippen molar-refractivity contribution in [2.24, 2.45) is 10.7 Å². The van der Waals surface area contributed by atoms with Crippen molar-refractivity contribution in [3.63, 3.8) is 0 Å². The van der Waals surface area contributed by atoms with Gasteiger partial charge in [-0.15, -0.1) is 5.92 Å². The normalized spacial score (nSPS) is 16.2. The Labute approximate surface area is 209 Å². The summed E-state index contributed by atoms with van der Waals surface area (Å²) in [4.78, 5) is 22.2. The number of nitrogens with zero attached hydrogens (tertiary/aromatic N) is 3. The van der Waals surface area contributed by atoms with Gasteiger partial charge in [0.25, 0.3) is 5.56 Å². The number of halogens is 1. The summed E-state index contributed by atoms with van der Waals surface area (Å²) in [7, 11) is 0. The number of hydrogen-bond acceptors (Lipinski definition) is 4. The van der Waals surface area contributed by atoms with Gasteiger partial charge in [0.1, 0.15) is 17.2 Å². The van der Waals surface area contributed by atoms with Crippen LogP contribution in [0.3, 0.4) is 0 Å². The predicted molar refractivity (Wildman–Crippen MR) is 140 cm³/mol. The monoisotopic (exact) mass is 476 g/mol. The van der Waals surface area contributed by atoms with Gasteiger partial charge in [0.2, 0.25) is 0 Å². The molecule has 0 saturated carbocycles. The Bertz CT molecular complexity index is 1660. The van der Waals surface area contributed by atoms with Crippen LogP contribution in [-0.4, -0.2) is 15.4 Å². The van der Waals surface area contributed by atoms with E-state index in [0.29, 0.717) is 17.7 Å². The van der Waals surface area contributed by atoms with Gasteiger partial charge >= 0.3 is 0 Å². The van der Waals surface area contributed by atoms with Crippen LogP contribution < -0.4 is 11.3 Å². The van der Waals surface area contributed by atoms with E-state index in [0.717, 1.165) is 27.9 Å². The Balaban J connectivity index is 1.82. The summed E-state index contributed by atoms with van der Waals surface area (Å²) in [5.41, 5.74) is 10.7. The van der Waals surface area contributed by atoms with E-state index in [1.54, 1.807) is 36.9 Å². The van der Waals surface area contributed by atoms with E-state index in [1.807, 2.05) is 55.5 Å². The number of benzene rings is 2. The zero-order chi connectivity index (χ0) is 25.4. The maximum Gasteiger partial charge on any atom is 0.253 e. The van der Waals surface area contributed by atoms with Gasteiger partial charge in [-0.3, -0.25) is 9.78 Å². The van der Waals surface area contributed by atoms with E-state index >= 15 is 4.39 Å². The fraction of sp³-hybridized carbons (Fsp3) is 0.167. The molecule has 178 valence electrons. The Morgan fingerprint density at radius 2 is 1.89 bits per heavy atom. The first-order valence-corrected chi connectivity index (χ1v) is 11.7. The Hall–Kier alpha value is -4.50. The number of rotatable bonds is 4. The van der Waals surface area contributed by atoms with Crippen LogP contribution in [0.5, 0.6) is 0 Å². The lowest BCUT2D eigenvalue weighted by Gasteiger charge is -2.30. The third-order valence-corrected chi connectivity index (χ3v) is 6.58. The molecule has 5 nitrogen and oxygen atoms in total. The zero-order valence-corrected chi connectivity index (χ0v) is 20.3. The molecule has 0 amide bonds. The minimum atomic E-state index is -1.13. The molecule has 1 atom stereocenters. The van der Waals surface area contributed by atoms with Crippen molar-refractivity contribution >= 4 is 5.84 Å². The van der Waals surface area contributed by atoms with E-state index in [4.69, 9.17) is 10.7 Å². The van der Waals surface area contributed by atoms with Crippen LogP contribution in [0.4, 0.5) is 4.39 Å². The lowest BCUT2D eigenvalue weighted by molar-refractivity contribution is 0.610. The third-order valence-electron chi connectivity index (χ3n) is 6.58. The quantitative estimate of drug-likeness (QED) is 0.432. The number of aryl methyl sites for hydroxylation is 2. The predicted octanol–water partition coefficient (Wildman–Crippen LogP) is 4.76. The lowest BCUT2D eigenvalue weighted by atomic mass is 9.77. The number of hydrogen-bond donors (Lipinski definition) is 1. The van der Waals surface area contributed by atoms with E-state index < -0.39 is 11.4 Å². The lowest BCUT2D eigenvalue weighted by Crippen LogP contribution is -2.30. The van der Waals surface area contributed by atoms with Crippen LogP contribution >= 0.6 is 0 Å². The standard InChI is InChI=1S/C30H25FN4O/c1-4-8-20-13-14-33-26(16-20)21-9-6-10-22(17-21)30(23-15-19(3)29(36)35(5-2)18-23)24-11-7-12-25(31)27(24)28(32)34-30/h6-7,9-18H,5H2,1-3H3,(H2,32,34)/t30-/m0/s1. The van der Waals surface area contributed by atoms with Crippen molar-refractivity contribution in [2.75, 3.05) is 0 Å². The molecular formula is C30H25FN4O. The second-order valence-electron chi connectivity index (χ2n) is 8.76. The van der Waals surface area contributed by atoms with Crippen molar-refractivity contribution in [3.05, 3.63) is 123 Å². The molecule has 1 aliphatic rings. The average Bonchev–Trinajstić information content (AvgIpc) is 3.20. The van der Waals surface area contributed by atoms with Gasteiger partial charge in [0, 0.05) is 46.8 Å². The molecule has 2 N–H and O–H groups in total. The molecule has 0 saturated heterocycles. The molecule has 36 heavy (non-hydrogen) atoms. The van der Waals surface area contributed by atoms with Crippen LogP contribution in [0.2, 0.25) is 0 Å². The highest BCUT2D eigenvalue weighted by Crippen LogP contribution is 2.47. The maximum absolute atomic E-state index is 15.0. The zero-order valence-electron chi connectivity index (χ0n) is 20.3. The average molecular weight is 477 g/mol. The van der Waals surface area contributed by atoms with Crippen LogP contribution in [0.1, 0.15) is 47.2 Å². The van der Waals surface area contributed by atoms with Crippen LogP contribution in [-0.2, 0) is 12.1 Å². The summed E-state index contributed by atoms with van der Waals surface area (Å²) < 4.78 is 16.7. The van der Waals surface area contributed by atoms with E-state index in [1.165, 1.54) is 6.07 Å². The molecule has 0 spiro atoms. The molecule has 6 heteroatoms. The van der Waals surface area contributed by atoms with Gasteiger partial charge in [0.05, 0.1) is 11.3 Å². The smallest absolute Gasteiger partial charge is 0.253 e. The van der Waals surface area contributed by atoms with E-state index in [9.17, 15) is 4.79 Å². The topological polar surface area (TPSA) is 73.3 Å². The largest absolute Gasteiger partial charge is 0.383 e. The van der Waals surface area contributed by atoms with Gasteiger partial charge in [-0.1, -0.05) is 36.3 Å². The minimum Gasteiger partial charge on any atom is -0.383 e. The van der Waals surface area contributed by atoms with E-state index in [2.05, 4.69) is 16.8 Å². The van der Waals surface area contributed by atoms with Gasteiger partial charge in [-0.2, -0.15) is 0 Å². The molecule has 0 unspecified atom stereocenters. The van der Waals surface area contributed by atoms with Gasteiger partial charge in [-0.25, -0.2) is 9.38 Å². The Kier molecular flexibility index (Phi) is 5.77. The highest BCUT2D eigenvalue weighted by Gasteiger charge is 2.44. The number of amidine groups is 1. The van der Waals surface area contributed by atoms with Crippen molar-refractivity contribution < 1.29 is 4.39 Å². The van der Waals surface area contributed by atoms with Crippen LogP contribution in [0, 0.1) is 24.6 Å². The summed E-state index contributed by atoms with van der Waals surface area (Å²) in [6.45, 7) is 5.98. The summed E-state index contributed by atoms with van der Waals surface area (Å²) in [6, 6.07) is 18.4. The van der Waals surface area contributed by atoms with Gasteiger partial charge < -0.3 is 10.3 Å². The first kappa shape index (κ1) is 23.3. The van der Waals surface area contributed by atoms with Crippen LogP contribution in [0.25, 0.3) is 11.3 Å². The van der Waals surface area contributed by atoms with Gasteiger partial charge in [0.15, 0.2) is 0 Å². The molecule has 2 aromatic heterocycles. The second kappa shape index (κ2) is 8.94. The molecule has 4 aromatic rings. The Morgan fingerprint density at radius 1 is 1.08 bits per heavy atom. The Morgan fingerprint density at radius 3 is 2.67 bits per heavy atom. The van der Waals surface area contributed by atoms with E-state index in [-0.39, 0.29) is 17.0 Å². The second-order valence-corrected chi connectivity index (χ2v) is 8.76. The molecular weight excluding hydrogens is 451 g/mol. The number of fused-ring (bicyclic) bond motifs is 1. The molecule has 2 aromatic carbocycles. The highest BCUT2D eigenvalue weighted by molar-refractivity contribution is 6.03. The number of aliphatic imine (C=N–C) groups is 1. The number of nitrogens with two attached hydrogens (primary N) is 1. The van der Waals surface area contributed by atoms with Crippen molar-refractivity contribution in [1.82, 2.24) is 9.55 Å². The fourth-order valence-electron chi connectivity index (χ4n) is 4.92. The van der Waals surface area contributed by atoms with Crippen molar-refractivity contribution in [3.8, 4) is 23.1 Å². The summed E-state index contributed by atoms with van der Waals surface area (Å²) in [5.74, 6) is 5.68. The highest BCUT2D eigenvalue weighted by atomic mass is 19.1. The third kappa shape index (κ3) is 3.61. The summed E-state index contributed by atoms with van der Waals surface area (Å²) in [6.07, 6.45) is 3.53. The molecule has 1 aliphatic heterocycles. The fourth-order valence-corrected chi connectivity index (χ4v) is 4.92. The number of pyridine rings is 2. The first-order chi connectivity index (χ1) is 17.4. The first-order valence-electron chi connectivity index (χ1n) is 11.7. The molecule has 0 radical (unpaired) electrons. The van der Waals surface area contributed by atoms with Crippen molar-refractivity contribution in [1.29, 1.82) is 0 Å². The maximum atomic E-state index is 15.0. The van der Waals surface area contributed by atoms with Crippen LogP contribution in [0.15, 0.2) is 82.8 Å².